The zero-order valence-electron chi connectivity index (χ0n) is 16.6. The van der Waals surface area contributed by atoms with Gasteiger partial charge in [0.15, 0.2) is 0 Å². The van der Waals surface area contributed by atoms with Gasteiger partial charge in [0, 0.05) is 34.4 Å². The smallest absolute Gasteiger partial charge is 0.204 e. The number of benzene rings is 3. The highest BCUT2D eigenvalue weighted by molar-refractivity contribution is 9.10. The van der Waals surface area contributed by atoms with Crippen molar-refractivity contribution in [2.75, 3.05) is 11.4 Å². The van der Waals surface area contributed by atoms with E-state index >= 15 is 0 Å². The van der Waals surface area contributed by atoms with Crippen molar-refractivity contribution in [3.63, 3.8) is 0 Å². The molecule has 0 amide bonds. The molecule has 4 rings (SSSR count). The van der Waals surface area contributed by atoms with E-state index in [2.05, 4.69) is 78.7 Å². The molecule has 0 bridgehead atoms. The van der Waals surface area contributed by atoms with E-state index in [0.29, 0.717) is 12.4 Å². The molecule has 7 heteroatoms. The molecule has 6 nitrogen and oxygen atoms in total. The zero-order chi connectivity index (χ0) is 20.8. The number of tetrazole rings is 1. The van der Waals surface area contributed by atoms with Crippen molar-refractivity contribution in [2.45, 2.75) is 20.1 Å². The maximum atomic E-state index is 6.16. The third-order valence-electron chi connectivity index (χ3n) is 4.82. The number of ether oxygens (including phenoxy) is 1. The van der Waals surface area contributed by atoms with Gasteiger partial charge < -0.3 is 9.64 Å². The van der Waals surface area contributed by atoms with Crippen molar-refractivity contribution < 1.29 is 4.74 Å². The predicted octanol–water partition coefficient (Wildman–Crippen LogP) is 5.23. The first-order chi connectivity index (χ1) is 14.7. The summed E-state index contributed by atoms with van der Waals surface area (Å²) in [6.45, 7) is 4.24. The first-order valence-electron chi connectivity index (χ1n) is 9.77. The second kappa shape index (κ2) is 9.54. The van der Waals surface area contributed by atoms with Crippen LogP contribution in [0.3, 0.4) is 0 Å². The summed E-state index contributed by atoms with van der Waals surface area (Å²) in [7, 11) is 0. The number of aromatic nitrogens is 4. The van der Waals surface area contributed by atoms with E-state index in [1.165, 1.54) is 0 Å². The Labute approximate surface area is 184 Å². The van der Waals surface area contributed by atoms with Crippen LogP contribution in [0.15, 0.2) is 77.3 Å². The summed E-state index contributed by atoms with van der Waals surface area (Å²) in [4.78, 5) is 2.29. The molecule has 0 spiro atoms. The van der Waals surface area contributed by atoms with Crippen LogP contribution in [0, 0.1) is 0 Å². The van der Waals surface area contributed by atoms with E-state index in [1.54, 1.807) is 0 Å². The number of H-pyrrole nitrogens is 1. The van der Waals surface area contributed by atoms with Crippen LogP contribution in [0.5, 0.6) is 5.75 Å². The summed E-state index contributed by atoms with van der Waals surface area (Å²) in [5, 5.41) is 14.3. The van der Waals surface area contributed by atoms with Crippen LogP contribution in [-0.2, 0) is 13.2 Å². The van der Waals surface area contributed by atoms with E-state index in [4.69, 9.17) is 4.74 Å². The molecule has 3 aromatic carbocycles. The molecule has 0 atom stereocenters. The number of rotatable bonds is 8. The SMILES string of the molecule is CCN(Cc1cc(Br)ccc1OCc1ccccc1)c1cccc(-c2nn[nH]n2)c1. The fourth-order valence-electron chi connectivity index (χ4n) is 3.26. The Morgan fingerprint density at radius 3 is 2.63 bits per heavy atom. The van der Waals surface area contributed by atoms with Crippen LogP contribution in [0.1, 0.15) is 18.1 Å². The van der Waals surface area contributed by atoms with Gasteiger partial charge in [-0.1, -0.05) is 58.4 Å². The fraction of sp³-hybridized carbons (Fsp3) is 0.174. The normalized spacial score (nSPS) is 10.7. The highest BCUT2D eigenvalue weighted by Gasteiger charge is 2.13. The lowest BCUT2D eigenvalue weighted by Crippen LogP contribution is -2.22. The fourth-order valence-corrected chi connectivity index (χ4v) is 3.67. The zero-order valence-corrected chi connectivity index (χ0v) is 18.2. The van der Waals surface area contributed by atoms with Crippen molar-refractivity contribution in [3.05, 3.63) is 88.4 Å². The maximum absolute atomic E-state index is 6.16. The van der Waals surface area contributed by atoms with Crippen molar-refractivity contribution in [2.24, 2.45) is 0 Å². The molecular weight excluding hydrogens is 442 g/mol. The number of hydrogen-bond donors (Lipinski definition) is 1. The van der Waals surface area contributed by atoms with Gasteiger partial charge in [-0.3, -0.25) is 0 Å². The van der Waals surface area contributed by atoms with E-state index in [-0.39, 0.29) is 0 Å². The molecule has 0 aliphatic carbocycles. The van der Waals surface area contributed by atoms with Gasteiger partial charge in [0.2, 0.25) is 5.82 Å². The molecule has 1 aromatic heterocycles. The van der Waals surface area contributed by atoms with Gasteiger partial charge in [0.1, 0.15) is 12.4 Å². The molecule has 0 fully saturated rings. The Balaban J connectivity index is 1.56. The predicted molar refractivity (Wildman–Crippen MR) is 121 cm³/mol. The molecule has 0 radical (unpaired) electrons. The van der Waals surface area contributed by atoms with Gasteiger partial charge in [0.25, 0.3) is 0 Å². The molecular formula is C23H22BrN5O. The summed E-state index contributed by atoms with van der Waals surface area (Å²) in [6.07, 6.45) is 0. The van der Waals surface area contributed by atoms with Crippen LogP contribution >= 0.6 is 15.9 Å². The highest BCUT2D eigenvalue weighted by atomic mass is 79.9. The van der Waals surface area contributed by atoms with Crippen LogP contribution in [0.2, 0.25) is 0 Å². The monoisotopic (exact) mass is 463 g/mol. The lowest BCUT2D eigenvalue weighted by atomic mass is 10.1. The summed E-state index contributed by atoms with van der Waals surface area (Å²) in [5.74, 6) is 1.47. The summed E-state index contributed by atoms with van der Waals surface area (Å²) in [5.41, 5.74) is 4.28. The molecule has 1 N–H and O–H groups in total. The molecule has 0 aliphatic rings. The summed E-state index contributed by atoms with van der Waals surface area (Å²) < 4.78 is 7.19. The first kappa shape index (κ1) is 20.1. The van der Waals surface area contributed by atoms with Crippen molar-refractivity contribution in [3.8, 4) is 17.1 Å². The molecule has 1 heterocycles. The van der Waals surface area contributed by atoms with Gasteiger partial charge in [-0.25, -0.2) is 0 Å². The average Bonchev–Trinajstić information content (AvgIpc) is 3.33. The minimum atomic E-state index is 0.537. The topological polar surface area (TPSA) is 66.9 Å². The number of nitrogens with one attached hydrogen (secondary N) is 1. The largest absolute Gasteiger partial charge is 0.489 e. The second-order valence-corrected chi connectivity index (χ2v) is 7.74. The third-order valence-corrected chi connectivity index (χ3v) is 5.31. The lowest BCUT2D eigenvalue weighted by Gasteiger charge is -2.25. The van der Waals surface area contributed by atoms with Gasteiger partial charge >= 0.3 is 0 Å². The second-order valence-electron chi connectivity index (χ2n) is 6.83. The number of aromatic amines is 1. The minimum absolute atomic E-state index is 0.537. The standard InChI is InChI=1S/C23H22BrN5O/c1-2-29(21-10-6-9-18(14-21)23-25-27-28-26-23)15-19-13-20(24)11-12-22(19)30-16-17-7-4-3-5-8-17/h3-14H,2,15-16H2,1H3,(H,25,26,27,28). The van der Waals surface area contributed by atoms with Crippen molar-refractivity contribution in [1.29, 1.82) is 0 Å². The van der Waals surface area contributed by atoms with Gasteiger partial charge in [0.05, 0.1) is 0 Å². The van der Waals surface area contributed by atoms with Crippen LogP contribution in [-0.4, -0.2) is 27.2 Å². The van der Waals surface area contributed by atoms with Crippen LogP contribution in [0.25, 0.3) is 11.4 Å². The first-order valence-corrected chi connectivity index (χ1v) is 10.6. The van der Waals surface area contributed by atoms with Crippen LogP contribution < -0.4 is 9.64 Å². The van der Waals surface area contributed by atoms with Crippen molar-refractivity contribution >= 4 is 21.6 Å². The molecule has 0 saturated carbocycles. The highest BCUT2D eigenvalue weighted by Crippen LogP contribution is 2.29. The maximum Gasteiger partial charge on any atom is 0.204 e. The Bertz CT molecular complexity index is 1090. The Hall–Kier alpha value is -3.19. The Kier molecular flexibility index (Phi) is 6.39. The Morgan fingerprint density at radius 1 is 1.00 bits per heavy atom. The van der Waals surface area contributed by atoms with Gasteiger partial charge in [-0.15, -0.1) is 10.2 Å². The number of halogens is 1. The van der Waals surface area contributed by atoms with Gasteiger partial charge in [-0.2, -0.15) is 5.21 Å². The minimum Gasteiger partial charge on any atom is -0.489 e. The number of anilines is 1. The van der Waals surface area contributed by atoms with Crippen LogP contribution in [0.4, 0.5) is 5.69 Å². The van der Waals surface area contributed by atoms with Gasteiger partial charge in [-0.05, 0) is 48.0 Å². The lowest BCUT2D eigenvalue weighted by molar-refractivity contribution is 0.302. The van der Waals surface area contributed by atoms with E-state index in [0.717, 1.165) is 45.7 Å². The number of nitrogens with zero attached hydrogens (tertiary/aromatic N) is 4. The molecule has 152 valence electrons. The molecule has 0 aliphatic heterocycles. The third kappa shape index (κ3) is 4.86. The van der Waals surface area contributed by atoms with Crippen molar-refractivity contribution in [1.82, 2.24) is 20.6 Å². The van der Waals surface area contributed by atoms with E-state index in [9.17, 15) is 0 Å². The molecule has 0 saturated heterocycles. The number of hydrogen-bond acceptors (Lipinski definition) is 5. The average molecular weight is 464 g/mol. The van der Waals surface area contributed by atoms with E-state index in [1.807, 2.05) is 42.5 Å². The summed E-state index contributed by atoms with van der Waals surface area (Å²) >= 11 is 3.60. The Morgan fingerprint density at radius 2 is 1.87 bits per heavy atom. The molecule has 0 unspecified atom stereocenters. The van der Waals surface area contributed by atoms with E-state index < -0.39 is 0 Å². The quantitative estimate of drug-likeness (QED) is 0.387. The summed E-state index contributed by atoms with van der Waals surface area (Å²) in [6, 6.07) is 24.5. The molecule has 4 aromatic rings. The molecule has 30 heavy (non-hydrogen) atoms.